The van der Waals surface area contributed by atoms with E-state index in [-0.39, 0.29) is 36.8 Å². The Morgan fingerprint density at radius 2 is 1.78 bits per heavy atom. The maximum Gasteiger partial charge on any atom is 0.339 e. The third-order valence-electron chi connectivity index (χ3n) is 14.2. The summed E-state index contributed by atoms with van der Waals surface area (Å²) in [6.07, 6.45) is 4.56. The van der Waals surface area contributed by atoms with Gasteiger partial charge in [-0.2, -0.15) is 0 Å². The lowest BCUT2D eigenvalue weighted by molar-refractivity contribution is -0.264. The highest BCUT2D eigenvalue weighted by Crippen LogP contribution is 2.81. The number of carbonyl (C=O) groups is 3. The first-order chi connectivity index (χ1) is 21.8. The summed E-state index contributed by atoms with van der Waals surface area (Å²) in [5.41, 5.74) is -5.24. The summed E-state index contributed by atoms with van der Waals surface area (Å²) in [7, 11) is 0. The van der Waals surface area contributed by atoms with Crippen molar-refractivity contribution in [2.45, 2.75) is 128 Å². The van der Waals surface area contributed by atoms with E-state index < -0.39 is 69.2 Å². The van der Waals surface area contributed by atoms with Crippen molar-refractivity contribution in [1.82, 2.24) is 0 Å². The molecule has 46 heavy (non-hydrogen) atoms. The molecule has 8 rings (SSSR count). The molecule has 1 aromatic rings. The Morgan fingerprint density at radius 1 is 1.00 bits per heavy atom. The minimum Gasteiger partial charge on any atom is -0.469 e. The molecule has 3 saturated carbocycles. The molecule has 3 aliphatic carbocycles. The Bertz CT molecular complexity index is 1480. The van der Waals surface area contributed by atoms with E-state index in [9.17, 15) is 24.6 Å². The normalized spacial score (nSPS) is 49.8. The van der Waals surface area contributed by atoms with Crippen molar-refractivity contribution in [3.63, 3.8) is 0 Å². The number of aryl methyl sites for hydroxylation is 1. The molecule has 5 heterocycles. The van der Waals surface area contributed by atoms with Gasteiger partial charge < -0.3 is 33.6 Å². The second kappa shape index (κ2) is 9.67. The number of epoxide rings is 1. The molecule has 7 aliphatic rings. The average Bonchev–Trinajstić information content (AvgIpc) is 3.29. The second-order valence-electron chi connectivity index (χ2n) is 16.6. The number of rotatable bonds is 6. The van der Waals surface area contributed by atoms with Crippen LogP contribution < -0.4 is 0 Å². The van der Waals surface area contributed by atoms with Gasteiger partial charge in [0.05, 0.1) is 29.3 Å². The van der Waals surface area contributed by atoms with E-state index in [2.05, 4.69) is 13.8 Å². The number of esters is 2. The number of Topliss-reactive ketones (excluding diaryl/α,β-unsaturated/α-hetero) is 1. The fourth-order valence-electron chi connectivity index (χ4n) is 12.4. The lowest BCUT2D eigenvalue weighted by Gasteiger charge is -2.67. The molecule has 10 heteroatoms. The summed E-state index contributed by atoms with van der Waals surface area (Å²) >= 11 is 0. The van der Waals surface area contributed by atoms with Crippen LogP contribution >= 0.6 is 0 Å². The molecule has 4 saturated heterocycles. The van der Waals surface area contributed by atoms with E-state index in [1.807, 2.05) is 26.8 Å². The molecule has 3 spiro atoms. The topological polar surface area (TPSA) is 145 Å². The summed E-state index contributed by atoms with van der Waals surface area (Å²) in [4.78, 5) is 42.3. The van der Waals surface area contributed by atoms with Gasteiger partial charge >= 0.3 is 11.9 Å². The number of ether oxygens (including phenoxy) is 4. The molecule has 0 amide bonds. The first-order valence-electron chi connectivity index (χ1n) is 17.4. The van der Waals surface area contributed by atoms with Crippen molar-refractivity contribution in [2.24, 2.45) is 39.4 Å². The van der Waals surface area contributed by atoms with Crippen LogP contribution in [0.1, 0.15) is 103 Å². The molecular formula is C36H48O10. The molecule has 7 fully saturated rings. The molecule has 12 atom stereocenters. The van der Waals surface area contributed by atoms with Gasteiger partial charge in [-0.1, -0.05) is 33.6 Å². The van der Waals surface area contributed by atoms with Crippen LogP contribution in [0.5, 0.6) is 0 Å². The van der Waals surface area contributed by atoms with Gasteiger partial charge in [-0.05, 0) is 70.3 Å². The maximum atomic E-state index is 14.8. The number of fused-ring (bicyclic) bond motifs is 2. The number of aliphatic hydroxyl groups excluding tert-OH is 2. The molecule has 12 unspecified atom stereocenters. The van der Waals surface area contributed by atoms with Crippen LogP contribution in [0.2, 0.25) is 0 Å². The first kappa shape index (κ1) is 31.0. The van der Waals surface area contributed by atoms with Crippen molar-refractivity contribution in [1.29, 1.82) is 0 Å². The Balaban J connectivity index is 1.27. The Labute approximate surface area is 269 Å². The van der Waals surface area contributed by atoms with Crippen LogP contribution in [0.3, 0.4) is 0 Å². The predicted molar refractivity (Wildman–Crippen MR) is 161 cm³/mol. The van der Waals surface area contributed by atoms with Gasteiger partial charge in [0.1, 0.15) is 30.2 Å². The summed E-state index contributed by atoms with van der Waals surface area (Å²) in [5, 5.41) is 22.4. The lowest BCUT2D eigenvalue weighted by Crippen LogP contribution is -2.77. The van der Waals surface area contributed by atoms with Crippen molar-refractivity contribution < 1.29 is 48.0 Å². The van der Waals surface area contributed by atoms with Crippen LogP contribution in [-0.2, 0) is 39.8 Å². The fraction of sp³-hybridized carbons (Fsp3) is 0.806. The monoisotopic (exact) mass is 640 g/mol. The molecule has 4 aliphatic heterocycles. The maximum absolute atomic E-state index is 14.8. The van der Waals surface area contributed by atoms with Gasteiger partial charge in [0.25, 0.3) is 0 Å². The highest BCUT2D eigenvalue weighted by Gasteiger charge is 2.91. The Morgan fingerprint density at radius 3 is 2.50 bits per heavy atom. The third-order valence-corrected chi connectivity index (χ3v) is 14.2. The van der Waals surface area contributed by atoms with Crippen LogP contribution in [-0.4, -0.2) is 70.7 Å². The minimum absolute atomic E-state index is 0.00347. The van der Waals surface area contributed by atoms with Crippen LogP contribution in [0.25, 0.3) is 0 Å². The number of unbranched alkanes of at least 4 members (excludes halogenated alkanes) is 2. The van der Waals surface area contributed by atoms with E-state index in [1.165, 1.54) is 0 Å². The van der Waals surface area contributed by atoms with Crippen molar-refractivity contribution >= 4 is 17.7 Å². The molecule has 1 aromatic heterocycles. The Hall–Kier alpha value is -2.27. The lowest BCUT2D eigenvalue weighted by atomic mass is 9.35. The van der Waals surface area contributed by atoms with Gasteiger partial charge in [-0.25, -0.2) is 4.79 Å². The molecule has 252 valence electrons. The van der Waals surface area contributed by atoms with Gasteiger partial charge in [0, 0.05) is 34.8 Å². The number of ketones is 1. The zero-order chi connectivity index (χ0) is 32.7. The minimum atomic E-state index is -1.43. The van der Waals surface area contributed by atoms with Crippen LogP contribution in [0, 0.1) is 39.4 Å². The summed E-state index contributed by atoms with van der Waals surface area (Å²) < 4.78 is 31.8. The standard InChI is InChI=1S/C36H48O10/c1-6-7-8-9-21-20(12-15-42-21)26-32(4)13-11-22-33(5,36(32)27(45-36)28(40)44-26)25(39)23(38)24-31(2,3)46-29-34(14-10-19(16-34)17-37)30(41)43-18-35(22,24)29/h12,15,19,22,24-27,29,37,39H,6-11,13-14,16-18H2,1-5H3. The summed E-state index contributed by atoms with van der Waals surface area (Å²) in [5.74, 6) is -1.52. The quantitative estimate of drug-likeness (QED) is 0.263. The largest absolute Gasteiger partial charge is 0.469 e. The van der Waals surface area contributed by atoms with E-state index >= 15 is 0 Å². The SMILES string of the molecule is CCCCCc1occc1C1OC(=O)C2OC23C1(C)CCC1C24COC(=O)C5(CCC(CO)C5)C2OC(C)(C)C4C(=O)C(O)C13C. The van der Waals surface area contributed by atoms with Crippen molar-refractivity contribution in [3.05, 3.63) is 23.7 Å². The number of carbonyl (C=O) groups excluding carboxylic acids is 3. The highest BCUT2D eigenvalue weighted by molar-refractivity contribution is 5.92. The predicted octanol–water partition coefficient (Wildman–Crippen LogP) is 4.23. The number of furan rings is 1. The summed E-state index contributed by atoms with van der Waals surface area (Å²) in [6.45, 7) is 9.89. The van der Waals surface area contributed by atoms with E-state index in [0.29, 0.717) is 32.1 Å². The van der Waals surface area contributed by atoms with Gasteiger partial charge in [0.15, 0.2) is 11.9 Å². The zero-order valence-electron chi connectivity index (χ0n) is 27.6. The van der Waals surface area contributed by atoms with E-state index in [1.54, 1.807) is 6.26 Å². The molecule has 0 radical (unpaired) electrons. The second-order valence-corrected chi connectivity index (χ2v) is 16.6. The molecule has 0 aromatic carbocycles. The fourth-order valence-corrected chi connectivity index (χ4v) is 12.4. The number of hydrogen-bond donors (Lipinski definition) is 2. The number of cyclic esters (lactones) is 2. The molecule has 0 bridgehead atoms. The average molecular weight is 641 g/mol. The summed E-state index contributed by atoms with van der Waals surface area (Å²) in [6, 6.07) is 1.89. The third kappa shape index (κ3) is 3.35. The molecule has 2 N–H and O–H groups in total. The number of aliphatic hydroxyl groups is 2. The number of hydrogen-bond acceptors (Lipinski definition) is 10. The van der Waals surface area contributed by atoms with Crippen molar-refractivity contribution in [3.8, 4) is 0 Å². The van der Waals surface area contributed by atoms with E-state index in [4.69, 9.17) is 23.4 Å². The highest BCUT2D eigenvalue weighted by atomic mass is 16.7. The van der Waals surface area contributed by atoms with Gasteiger partial charge in [0.2, 0.25) is 0 Å². The molecular weight excluding hydrogens is 592 g/mol. The molecule has 10 nitrogen and oxygen atoms in total. The zero-order valence-corrected chi connectivity index (χ0v) is 27.6. The smallest absolute Gasteiger partial charge is 0.339 e. The van der Waals surface area contributed by atoms with Crippen molar-refractivity contribution in [2.75, 3.05) is 13.2 Å². The first-order valence-corrected chi connectivity index (χ1v) is 17.4. The van der Waals surface area contributed by atoms with Crippen LogP contribution in [0.15, 0.2) is 16.7 Å². The van der Waals surface area contributed by atoms with Crippen LogP contribution in [0.4, 0.5) is 0 Å². The Kier molecular flexibility index (Phi) is 6.52. The van der Waals surface area contributed by atoms with E-state index in [0.717, 1.165) is 37.0 Å². The van der Waals surface area contributed by atoms with Gasteiger partial charge in [-0.15, -0.1) is 0 Å². The van der Waals surface area contributed by atoms with Gasteiger partial charge in [-0.3, -0.25) is 9.59 Å².